The third-order valence-corrected chi connectivity index (χ3v) is 10.4. The van der Waals surface area contributed by atoms with Gasteiger partial charge in [-0.15, -0.1) is 0 Å². The van der Waals surface area contributed by atoms with Crippen molar-refractivity contribution in [1.29, 1.82) is 0 Å². The Morgan fingerprint density at radius 3 is 2.26 bits per heavy atom. The second-order valence-corrected chi connectivity index (χ2v) is 15.3. The van der Waals surface area contributed by atoms with Gasteiger partial charge in [0.1, 0.15) is 0 Å². The predicted octanol–water partition coefficient (Wildman–Crippen LogP) is 3.53. The maximum atomic E-state index is 12.5. The zero-order valence-corrected chi connectivity index (χ0v) is 17.9. The zero-order chi connectivity index (χ0) is 18.1. The third kappa shape index (κ3) is 5.81. The molecular formula is C16H33N3O2SSi. The molecule has 0 aliphatic rings. The Bertz CT molecular complexity index is 544. The molecule has 5 nitrogen and oxygen atoms in total. The van der Waals surface area contributed by atoms with Crippen LogP contribution in [0, 0.1) is 0 Å². The van der Waals surface area contributed by atoms with Gasteiger partial charge >= 0.3 is 0 Å². The fraction of sp³-hybridized carbons (Fsp3) is 0.812. The van der Waals surface area contributed by atoms with Crippen LogP contribution in [0.3, 0.4) is 0 Å². The molecule has 0 saturated carbocycles. The molecule has 7 heteroatoms. The van der Waals surface area contributed by atoms with Gasteiger partial charge in [-0.25, -0.2) is 8.93 Å². The molecule has 134 valence electrons. The van der Waals surface area contributed by atoms with Crippen molar-refractivity contribution in [3.05, 3.63) is 18.0 Å². The maximum Gasteiger partial charge on any atom is 0.192 e. The molecule has 1 N–H and O–H groups in total. The van der Waals surface area contributed by atoms with E-state index >= 15 is 0 Å². The van der Waals surface area contributed by atoms with Crippen molar-refractivity contribution >= 4 is 19.3 Å². The Balaban J connectivity index is 2.91. The lowest BCUT2D eigenvalue weighted by molar-refractivity contribution is 0.255. The van der Waals surface area contributed by atoms with Gasteiger partial charge in [0.2, 0.25) is 0 Å². The second kappa shape index (κ2) is 7.17. The maximum absolute atomic E-state index is 12.5. The zero-order valence-electron chi connectivity index (χ0n) is 16.1. The summed E-state index contributed by atoms with van der Waals surface area (Å²) >= 11 is 0. The van der Waals surface area contributed by atoms with Crippen molar-refractivity contribution in [2.45, 2.75) is 70.5 Å². The van der Waals surface area contributed by atoms with E-state index < -0.39 is 19.3 Å². The van der Waals surface area contributed by atoms with Crippen molar-refractivity contribution in [3.63, 3.8) is 0 Å². The minimum Gasteiger partial charge on any atom is -0.415 e. The quantitative estimate of drug-likeness (QED) is 0.791. The SMILES string of the molecule is Cn1ccc([C@H](CO[Si](C)(C)C(C)(C)C)NS(=O)C(C)(C)C)n1. The minimum atomic E-state index is -1.86. The van der Waals surface area contributed by atoms with Crippen LogP contribution in [0.4, 0.5) is 0 Å². The van der Waals surface area contributed by atoms with Crippen molar-refractivity contribution < 1.29 is 8.63 Å². The molecule has 0 aliphatic heterocycles. The highest BCUT2D eigenvalue weighted by Crippen LogP contribution is 2.37. The van der Waals surface area contributed by atoms with Gasteiger partial charge in [0.05, 0.1) is 34.1 Å². The van der Waals surface area contributed by atoms with Crippen LogP contribution in [-0.4, -0.2) is 33.7 Å². The molecule has 1 rings (SSSR count). The topological polar surface area (TPSA) is 56.1 Å². The van der Waals surface area contributed by atoms with E-state index in [2.05, 4.69) is 43.7 Å². The lowest BCUT2D eigenvalue weighted by Gasteiger charge is -2.37. The molecule has 0 aliphatic carbocycles. The van der Waals surface area contributed by atoms with Crippen LogP contribution in [0.2, 0.25) is 18.1 Å². The van der Waals surface area contributed by atoms with Gasteiger partial charge in [0.15, 0.2) is 8.32 Å². The molecule has 1 aromatic rings. The summed E-state index contributed by atoms with van der Waals surface area (Å²) in [6.07, 6.45) is 1.90. The summed E-state index contributed by atoms with van der Waals surface area (Å²) in [6, 6.07) is 1.78. The van der Waals surface area contributed by atoms with Crippen LogP contribution in [-0.2, 0) is 22.5 Å². The summed E-state index contributed by atoms with van der Waals surface area (Å²) in [6.45, 7) is 17.5. The number of aryl methyl sites for hydroxylation is 1. The van der Waals surface area contributed by atoms with E-state index in [9.17, 15) is 4.21 Å². The monoisotopic (exact) mass is 359 g/mol. The molecule has 0 saturated heterocycles. The highest BCUT2D eigenvalue weighted by Gasteiger charge is 2.38. The van der Waals surface area contributed by atoms with E-state index in [-0.39, 0.29) is 15.8 Å². The normalized spacial score (nSPS) is 16.4. The average molecular weight is 360 g/mol. The number of nitrogens with zero attached hydrogens (tertiary/aromatic N) is 2. The van der Waals surface area contributed by atoms with Crippen molar-refractivity contribution in [3.8, 4) is 0 Å². The molecule has 1 unspecified atom stereocenters. The van der Waals surface area contributed by atoms with E-state index in [1.54, 1.807) is 4.68 Å². The van der Waals surface area contributed by atoms with Gasteiger partial charge in [-0.3, -0.25) is 4.68 Å². The summed E-state index contributed by atoms with van der Waals surface area (Å²) in [5, 5.41) is 4.61. The number of aromatic nitrogens is 2. The van der Waals surface area contributed by atoms with Gasteiger partial charge in [0, 0.05) is 13.2 Å². The van der Waals surface area contributed by atoms with Crippen LogP contribution in [0.5, 0.6) is 0 Å². The second-order valence-electron chi connectivity index (χ2n) is 8.54. The summed E-state index contributed by atoms with van der Waals surface area (Å²) in [5.41, 5.74) is 0.865. The van der Waals surface area contributed by atoms with Gasteiger partial charge in [-0.1, -0.05) is 20.8 Å². The molecule has 2 atom stereocenters. The molecule has 0 fully saturated rings. The van der Waals surface area contributed by atoms with E-state index in [1.807, 2.05) is 40.1 Å². The number of rotatable bonds is 6. The van der Waals surface area contributed by atoms with Crippen LogP contribution in [0.1, 0.15) is 53.3 Å². The Morgan fingerprint density at radius 1 is 1.30 bits per heavy atom. The smallest absolute Gasteiger partial charge is 0.192 e. The van der Waals surface area contributed by atoms with Crippen molar-refractivity contribution in [2.24, 2.45) is 7.05 Å². The third-order valence-electron chi connectivity index (χ3n) is 4.31. The van der Waals surface area contributed by atoms with Crippen LogP contribution in [0.25, 0.3) is 0 Å². The average Bonchev–Trinajstić information content (AvgIpc) is 2.78. The molecule has 23 heavy (non-hydrogen) atoms. The molecule has 0 aromatic carbocycles. The van der Waals surface area contributed by atoms with Gasteiger partial charge in [0.25, 0.3) is 0 Å². The van der Waals surface area contributed by atoms with Crippen molar-refractivity contribution in [1.82, 2.24) is 14.5 Å². The van der Waals surface area contributed by atoms with Gasteiger partial charge < -0.3 is 4.43 Å². The first kappa shape index (κ1) is 20.5. The first-order valence-electron chi connectivity index (χ1n) is 8.05. The number of nitrogens with one attached hydrogen (secondary N) is 1. The molecule has 0 spiro atoms. The van der Waals surface area contributed by atoms with Crippen LogP contribution < -0.4 is 4.72 Å². The molecule has 0 radical (unpaired) electrons. The summed E-state index contributed by atoms with van der Waals surface area (Å²) in [4.78, 5) is 0. The van der Waals surface area contributed by atoms with E-state index in [4.69, 9.17) is 4.43 Å². The summed E-state index contributed by atoms with van der Waals surface area (Å²) in [5.74, 6) is 0. The minimum absolute atomic E-state index is 0.144. The van der Waals surface area contributed by atoms with E-state index in [0.717, 1.165) is 5.69 Å². The first-order valence-corrected chi connectivity index (χ1v) is 12.1. The lowest BCUT2D eigenvalue weighted by Crippen LogP contribution is -2.44. The van der Waals surface area contributed by atoms with E-state index in [0.29, 0.717) is 6.61 Å². The van der Waals surface area contributed by atoms with Crippen LogP contribution >= 0.6 is 0 Å². The molecule has 1 aromatic heterocycles. The van der Waals surface area contributed by atoms with Gasteiger partial charge in [-0.05, 0) is 45.0 Å². The Labute approximate surface area is 144 Å². The molecular weight excluding hydrogens is 326 g/mol. The fourth-order valence-corrected chi connectivity index (χ4v) is 3.43. The number of hydrogen-bond donors (Lipinski definition) is 1. The van der Waals surface area contributed by atoms with Crippen LogP contribution in [0.15, 0.2) is 12.3 Å². The lowest BCUT2D eigenvalue weighted by atomic mass is 10.2. The first-order chi connectivity index (χ1) is 10.2. The fourth-order valence-electron chi connectivity index (χ4n) is 1.61. The molecule has 0 bridgehead atoms. The highest BCUT2D eigenvalue weighted by atomic mass is 32.2. The van der Waals surface area contributed by atoms with Crippen molar-refractivity contribution in [2.75, 3.05) is 6.61 Å². The Kier molecular flexibility index (Phi) is 6.40. The summed E-state index contributed by atoms with van der Waals surface area (Å²) < 4.78 is 23.5. The summed E-state index contributed by atoms with van der Waals surface area (Å²) in [7, 11) is -1.15. The predicted molar refractivity (Wildman–Crippen MR) is 100 cm³/mol. The van der Waals surface area contributed by atoms with E-state index in [1.165, 1.54) is 0 Å². The molecule has 1 heterocycles. The Morgan fingerprint density at radius 2 is 1.87 bits per heavy atom. The molecule has 0 amide bonds. The highest BCUT2D eigenvalue weighted by molar-refractivity contribution is 7.84. The Hall–Kier alpha value is -0.503. The van der Waals surface area contributed by atoms with Gasteiger partial charge in [-0.2, -0.15) is 5.10 Å². The number of hydrogen-bond acceptors (Lipinski definition) is 3. The standard InChI is InChI=1S/C16H33N3O2SSi/c1-15(2,3)22(20)18-14(13-10-11-19(7)17-13)12-21-23(8,9)16(4,5)6/h10-11,14,18H,12H2,1-9H3/t14-,22?/m0/s1. The largest absolute Gasteiger partial charge is 0.415 e.